The Labute approximate surface area is 222 Å². The van der Waals surface area contributed by atoms with Crippen LogP contribution in [0.5, 0.6) is 5.75 Å². The van der Waals surface area contributed by atoms with Gasteiger partial charge in [0.15, 0.2) is 5.71 Å². The summed E-state index contributed by atoms with van der Waals surface area (Å²) >= 11 is 0. The van der Waals surface area contributed by atoms with Gasteiger partial charge in [0.05, 0.1) is 16.3 Å². The molecule has 1 aliphatic heterocycles. The number of hydrogen-bond donors (Lipinski definition) is 2. The maximum atomic E-state index is 13.6. The van der Waals surface area contributed by atoms with E-state index in [4.69, 9.17) is 4.74 Å². The Balaban J connectivity index is 1.55. The van der Waals surface area contributed by atoms with Crippen LogP contribution in [0.2, 0.25) is 0 Å². The molecule has 0 bridgehead atoms. The van der Waals surface area contributed by atoms with E-state index in [-0.39, 0.29) is 10.6 Å². The van der Waals surface area contributed by atoms with Crippen LogP contribution in [-0.4, -0.2) is 64.6 Å². The van der Waals surface area contributed by atoms with E-state index in [2.05, 4.69) is 15.8 Å². The highest BCUT2D eigenvalue weighted by Gasteiger charge is 2.29. The number of aryl methyl sites for hydroxylation is 1. The molecule has 0 aliphatic carbocycles. The van der Waals surface area contributed by atoms with E-state index in [1.54, 1.807) is 60.7 Å². The van der Waals surface area contributed by atoms with Crippen LogP contribution >= 0.6 is 0 Å². The zero-order chi connectivity index (χ0) is 27.3. The van der Waals surface area contributed by atoms with Crippen molar-refractivity contribution in [2.75, 3.05) is 43.4 Å². The van der Waals surface area contributed by atoms with Crippen molar-refractivity contribution < 1.29 is 22.7 Å². The SMILES string of the molecule is Cc1ccc(N(CC(=O)N/N=C2\C(=O)Nc3ccccc32)S(=O)(=O)c2ccc(OCCN(C)C)cc2)cc1. The molecule has 1 aliphatic rings. The number of nitrogens with zero attached hydrogens (tertiary/aromatic N) is 3. The molecule has 38 heavy (non-hydrogen) atoms. The zero-order valence-corrected chi connectivity index (χ0v) is 22.2. The number of para-hydroxylation sites is 1. The van der Waals surface area contributed by atoms with Crippen LogP contribution in [-0.2, 0) is 19.6 Å². The van der Waals surface area contributed by atoms with Gasteiger partial charge in [-0.15, -0.1) is 0 Å². The van der Waals surface area contributed by atoms with Crippen LogP contribution in [0.3, 0.4) is 0 Å². The fraction of sp³-hybridized carbons (Fsp3) is 0.222. The maximum Gasteiger partial charge on any atom is 0.276 e. The first kappa shape index (κ1) is 26.8. The van der Waals surface area contributed by atoms with E-state index in [9.17, 15) is 18.0 Å². The number of amides is 2. The highest BCUT2D eigenvalue weighted by Crippen LogP contribution is 2.26. The molecule has 3 aromatic rings. The average molecular weight is 536 g/mol. The smallest absolute Gasteiger partial charge is 0.276 e. The summed E-state index contributed by atoms with van der Waals surface area (Å²) < 4.78 is 34.0. The summed E-state index contributed by atoms with van der Waals surface area (Å²) in [5.41, 5.74) is 4.76. The van der Waals surface area contributed by atoms with Gasteiger partial charge >= 0.3 is 0 Å². The number of likely N-dealkylation sites (N-methyl/N-ethyl adjacent to an activating group) is 1. The highest BCUT2D eigenvalue weighted by molar-refractivity contribution is 7.92. The molecule has 0 fully saturated rings. The molecular formula is C27H29N5O5S. The minimum Gasteiger partial charge on any atom is -0.492 e. The molecule has 1 heterocycles. The molecule has 198 valence electrons. The molecule has 2 amide bonds. The van der Waals surface area contributed by atoms with E-state index in [1.165, 1.54) is 12.1 Å². The average Bonchev–Trinajstić information content (AvgIpc) is 3.21. The van der Waals surface area contributed by atoms with Crippen molar-refractivity contribution in [1.29, 1.82) is 0 Å². The van der Waals surface area contributed by atoms with Gasteiger partial charge in [-0.2, -0.15) is 5.10 Å². The number of anilines is 2. The number of benzene rings is 3. The number of hydrazone groups is 1. The number of carbonyl (C=O) groups is 2. The number of ether oxygens (including phenoxy) is 1. The second kappa shape index (κ2) is 11.4. The lowest BCUT2D eigenvalue weighted by Gasteiger charge is -2.24. The standard InChI is InChI=1S/C27H29N5O5S/c1-19-8-10-20(11-9-19)32(38(35,36)22-14-12-21(13-15-22)37-17-16-31(2)3)18-25(33)29-30-26-23-6-4-5-7-24(23)28-27(26)34/h4-15H,16-18H2,1-3H3,(H,29,33)(H,28,30,34). The van der Waals surface area contributed by atoms with E-state index in [1.807, 2.05) is 25.9 Å². The predicted molar refractivity (Wildman–Crippen MR) is 146 cm³/mol. The van der Waals surface area contributed by atoms with Crippen LogP contribution in [0.15, 0.2) is 82.8 Å². The van der Waals surface area contributed by atoms with Gasteiger partial charge in [-0.3, -0.25) is 13.9 Å². The number of fused-ring (bicyclic) bond motifs is 1. The summed E-state index contributed by atoms with van der Waals surface area (Å²) in [6, 6.07) is 19.8. The normalized spacial score (nSPS) is 13.8. The van der Waals surface area contributed by atoms with Crippen molar-refractivity contribution in [3.63, 3.8) is 0 Å². The second-order valence-corrected chi connectivity index (χ2v) is 10.8. The Morgan fingerprint density at radius 1 is 1.00 bits per heavy atom. The monoisotopic (exact) mass is 535 g/mol. The van der Waals surface area contributed by atoms with Gasteiger partial charge in [-0.1, -0.05) is 35.9 Å². The summed E-state index contributed by atoms with van der Waals surface area (Å²) in [5, 5.41) is 6.65. The lowest BCUT2D eigenvalue weighted by Crippen LogP contribution is -2.40. The Hall–Kier alpha value is -4.22. The molecule has 11 heteroatoms. The molecule has 10 nitrogen and oxygen atoms in total. The molecule has 0 spiro atoms. The van der Waals surface area contributed by atoms with Gasteiger partial charge in [0.2, 0.25) is 0 Å². The second-order valence-electron chi connectivity index (χ2n) is 8.97. The van der Waals surface area contributed by atoms with Crippen molar-refractivity contribution in [3.05, 3.63) is 83.9 Å². The summed E-state index contributed by atoms with van der Waals surface area (Å²) in [4.78, 5) is 27.2. The maximum absolute atomic E-state index is 13.6. The zero-order valence-electron chi connectivity index (χ0n) is 21.3. The van der Waals surface area contributed by atoms with Crippen LogP contribution in [0, 0.1) is 6.92 Å². The number of rotatable bonds is 10. The summed E-state index contributed by atoms with van der Waals surface area (Å²) in [7, 11) is -0.263. The topological polar surface area (TPSA) is 120 Å². The number of hydrogen-bond acceptors (Lipinski definition) is 7. The van der Waals surface area contributed by atoms with Crippen LogP contribution in [0.1, 0.15) is 11.1 Å². The minimum absolute atomic E-state index is 0.00115. The minimum atomic E-state index is -4.13. The van der Waals surface area contributed by atoms with Crippen molar-refractivity contribution >= 4 is 38.9 Å². The molecule has 0 radical (unpaired) electrons. The van der Waals surface area contributed by atoms with Crippen molar-refractivity contribution in [3.8, 4) is 5.75 Å². The molecule has 0 saturated carbocycles. The van der Waals surface area contributed by atoms with Crippen LogP contribution < -0.4 is 19.8 Å². The predicted octanol–water partition coefficient (Wildman–Crippen LogP) is 2.60. The summed E-state index contributed by atoms with van der Waals surface area (Å²) in [6.07, 6.45) is 0. The third kappa shape index (κ3) is 6.18. The van der Waals surface area contributed by atoms with E-state index in [0.29, 0.717) is 35.8 Å². The highest BCUT2D eigenvalue weighted by atomic mass is 32.2. The Morgan fingerprint density at radius 3 is 2.37 bits per heavy atom. The van der Waals surface area contributed by atoms with Gasteiger partial charge in [0.25, 0.3) is 21.8 Å². The summed E-state index contributed by atoms with van der Waals surface area (Å²) in [5.74, 6) is -0.624. The first-order valence-corrected chi connectivity index (χ1v) is 13.3. The van der Waals surface area contributed by atoms with E-state index in [0.717, 1.165) is 9.87 Å². The lowest BCUT2D eigenvalue weighted by molar-refractivity contribution is -0.119. The molecule has 3 aromatic carbocycles. The van der Waals surface area contributed by atoms with Crippen molar-refractivity contribution in [1.82, 2.24) is 10.3 Å². The summed E-state index contributed by atoms with van der Waals surface area (Å²) in [6.45, 7) is 2.50. The van der Waals surface area contributed by atoms with Gasteiger partial charge in [-0.25, -0.2) is 13.8 Å². The first-order chi connectivity index (χ1) is 18.1. The molecule has 0 saturated heterocycles. The molecule has 0 unspecified atom stereocenters. The largest absolute Gasteiger partial charge is 0.492 e. The molecule has 0 aromatic heterocycles. The molecule has 2 N–H and O–H groups in total. The number of carbonyl (C=O) groups excluding carboxylic acids is 2. The van der Waals surface area contributed by atoms with Gasteiger partial charge in [0, 0.05) is 12.1 Å². The van der Waals surface area contributed by atoms with Crippen LogP contribution in [0.25, 0.3) is 0 Å². The van der Waals surface area contributed by atoms with E-state index < -0.39 is 28.4 Å². The number of nitrogens with one attached hydrogen (secondary N) is 2. The Morgan fingerprint density at radius 2 is 1.68 bits per heavy atom. The van der Waals surface area contributed by atoms with Crippen LogP contribution in [0.4, 0.5) is 11.4 Å². The first-order valence-electron chi connectivity index (χ1n) is 11.9. The quantitative estimate of drug-likeness (QED) is 0.385. The van der Waals surface area contributed by atoms with Crippen molar-refractivity contribution in [2.45, 2.75) is 11.8 Å². The van der Waals surface area contributed by atoms with E-state index >= 15 is 0 Å². The molecular weight excluding hydrogens is 506 g/mol. The fourth-order valence-electron chi connectivity index (χ4n) is 3.70. The third-order valence-corrected chi connectivity index (χ3v) is 7.55. The molecule has 4 rings (SSSR count). The third-order valence-electron chi connectivity index (χ3n) is 5.77. The molecule has 0 atom stereocenters. The Bertz CT molecular complexity index is 1450. The van der Waals surface area contributed by atoms with Gasteiger partial charge in [-0.05, 0) is 63.5 Å². The van der Waals surface area contributed by atoms with Crippen molar-refractivity contribution in [2.24, 2.45) is 5.10 Å². The van der Waals surface area contributed by atoms with Gasteiger partial charge in [0.1, 0.15) is 18.9 Å². The Kier molecular flexibility index (Phi) is 8.08. The lowest BCUT2D eigenvalue weighted by atomic mass is 10.1. The fourth-order valence-corrected chi connectivity index (χ4v) is 5.13. The number of sulfonamides is 1. The van der Waals surface area contributed by atoms with Gasteiger partial charge < -0.3 is 15.0 Å².